The first-order chi connectivity index (χ1) is 22.2. The lowest BCUT2D eigenvalue weighted by molar-refractivity contribution is -0.119. The molecule has 6 nitrogen and oxygen atoms in total. The van der Waals surface area contributed by atoms with Crippen molar-refractivity contribution in [3.05, 3.63) is 122 Å². The number of carbonyl (C=O) groups excluding carboxylic acids is 2. The molecular formula is C39H39Cl2NO5. The first-order valence-electron chi connectivity index (χ1n) is 16.0. The van der Waals surface area contributed by atoms with Gasteiger partial charge in [0.05, 0.1) is 15.6 Å². The Hall–Kier alpha value is -3.87. The summed E-state index contributed by atoms with van der Waals surface area (Å²) in [5.74, 6) is -1.19. The maximum Gasteiger partial charge on any atom is 0.335 e. The fraction of sp³-hybridized carbons (Fsp3) is 0.359. The smallest absolute Gasteiger partial charge is 0.335 e. The molecular weight excluding hydrogens is 633 g/mol. The molecule has 8 heteroatoms. The van der Waals surface area contributed by atoms with Crippen molar-refractivity contribution in [2.24, 2.45) is 10.8 Å². The van der Waals surface area contributed by atoms with Gasteiger partial charge in [-0.1, -0.05) is 93.4 Å². The number of ketones is 2. The zero-order valence-corrected chi connectivity index (χ0v) is 28.7. The molecule has 3 aromatic rings. The first-order valence-corrected chi connectivity index (χ1v) is 16.8. The van der Waals surface area contributed by atoms with Crippen LogP contribution in [0.25, 0.3) is 0 Å². The predicted octanol–water partition coefficient (Wildman–Crippen LogP) is 9.20. The Morgan fingerprint density at radius 3 is 1.85 bits per heavy atom. The molecule has 6 rings (SSSR count). The predicted molar refractivity (Wildman–Crippen MR) is 184 cm³/mol. The van der Waals surface area contributed by atoms with E-state index in [-0.39, 0.29) is 50.4 Å². The SMILES string of the molecule is CC1(C)CC(=O)C2=C(C1)N(CCc1ccccc1)C1=C(C(=O)CC(C)(C)C1)C2c1cc(Cl)c(OCc2ccc(C(=O)O)cc2)c(Cl)c1. The molecule has 1 aliphatic heterocycles. The second kappa shape index (κ2) is 12.6. The van der Waals surface area contributed by atoms with Crippen LogP contribution in [0.5, 0.6) is 5.75 Å². The van der Waals surface area contributed by atoms with Crippen molar-refractivity contribution in [3.8, 4) is 5.75 Å². The molecule has 1 N–H and O–H groups in total. The highest BCUT2D eigenvalue weighted by atomic mass is 35.5. The van der Waals surface area contributed by atoms with E-state index < -0.39 is 11.9 Å². The monoisotopic (exact) mass is 671 g/mol. The molecule has 3 aliphatic rings. The zero-order valence-electron chi connectivity index (χ0n) is 27.2. The fourth-order valence-corrected chi connectivity index (χ4v) is 7.93. The lowest BCUT2D eigenvalue weighted by Crippen LogP contribution is -2.45. The van der Waals surface area contributed by atoms with Crippen LogP contribution < -0.4 is 4.74 Å². The summed E-state index contributed by atoms with van der Waals surface area (Å²) in [6.07, 6.45) is 2.99. The Kier molecular flexibility index (Phi) is 8.88. The highest BCUT2D eigenvalue weighted by Crippen LogP contribution is 2.55. The van der Waals surface area contributed by atoms with Crippen molar-refractivity contribution in [3.63, 3.8) is 0 Å². The molecule has 47 heavy (non-hydrogen) atoms. The first kappa shape index (κ1) is 33.0. The summed E-state index contributed by atoms with van der Waals surface area (Å²) in [7, 11) is 0. The minimum atomic E-state index is -1.00. The molecule has 0 radical (unpaired) electrons. The number of benzene rings is 3. The van der Waals surface area contributed by atoms with Crippen LogP contribution in [0.2, 0.25) is 10.0 Å². The van der Waals surface area contributed by atoms with Crippen LogP contribution in [-0.2, 0) is 22.6 Å². The maximum atomic E-state index is 14.2. The van der Waals surface area contributed by atoms with Gasteiger partial charge >= 0.3 is 5.97 Å². The van der Waals surface area contributed by atoms with Crippen molar-refractivity contribution in [1.29, 1.82) is 0 Å². The van der Waals surface area contributed by atoms with Crippen LogP contribution in [0, 0.1) is 10.8 Å². The molecule has 0 bridgehead atoms. The number of carbonyl (C=O) groups is 3. The van der Waals surface area contributed by atoms with Gasteiger partial charge in [0.2, 0.25) is 0 Å². The van der Waals surface area contributed by atoms with Gasteiger partial charge in [0.1, 0.15) is 6.61 Å². The van der Waals surface area contributed by atoms with Gasteiger partial charge in [-0.25, -0.2) is 4.79 Å². The third-order valence-corrected chi connectivity index (χ3v) is 9.99. The van der Waals surface area contributed by atoms with E-state index in [0.29, 0.717) is 48.9 Å². The van der Waals surface area contributed by atoms with Crippen LogP contribution in [0.3, 0.4) is 0 Å². The summed E-state index contributed by atoms with van der Waals surface area (Å²) in [6, 6.07) is 20.2. The molecule has 0 unspecified atom stereocenters. The lowest BCUT2D eigenvalue weighted by Gasteiger charge is -2.49. The Balaban J connectivity index is 1.42. The highest BCUT2D eigenvalue weighted by molar-refractivity contribution is 6.37. The molecule has 244 valence electrons. The molecule has 0 atom stereocenters. The Morgan fingerprint density at radius 1 is 0.809 bits per heavy atom. The van der Waals surface area contributed by atoms with E-state index in [9.17, 15) is 19.5 Å². The Bertz CT molecular complexity index is 1740. The molecule has 0 saturated carbocycles. The third-order valence-electron chi connectivity index (χ3n) is 9.43. The molecule has 1 heterocycles. The largest absolute Gasteiger partial charge is 0.486 e. The van der Waals surface area contributed by atoms with Crippen LogP contribution in [-0.4, -0.2) is 34.1 Å². The van der Waals surface area contributed by atoms with E-state index in [1.54, 1.807) is 24.3 Å². The number of hydrogen-bond donors (Lipinski definition) is 1. The number of allylic oxidation sites excluding steroid dienone is 4. The van der Waals surface area contributed by atoms with Crippen molar-refractivity contribution in [1.82, 2.24) is 4.90 Å². The summed E-state index contributed by atoms with van der Waals surface area (Å²) in [4.78, 5) is 41.9. The zero-order chi connectivity index (χ0) is 33.7. The molecule has 0 saturated heterocycles. The number of Topliss-reactive ketones (excluding diaryl/α,β-unsaturated/α-hetero) is 2. The van der Waals surface area contributed by atoms with Gasteiger partial charge in [0, 0.05) is 47.8 Å². The topological polar surface area (TPSA) is 83.9 Å². The van der Waals surface area contributed by atoms with Crippen LogP contribution in [0.4, 0.5) is 0 Å². The van der Waals surface area contributed by atoms with Gasteiger partial charge in [-0.3, -0.25) is 9.59 Å². The van der Waals surface area contributed by atoms with E-state index in [4.69, 9.17) is 27.9 Å². The number of aromatic carboxylic acids is 1. The van der Waals surface area contributed by atoms with E-state index in [0.717, 1.165) is 23.4 Å². The average molecular weight is 673 g/mol. The van der Waals surface area contributed by atoms with Crippen LogP contribution in [0.1, 0.15) is 86.3 Å². The Morgan fingerprint density at radius 2 is 1.34 bits per heavy atom. The third kappa shape index (κ3) is 6.77. The number of nitrogens with zero attached hydrogens (tertiary/aromatic N) is 1. The minimum Gasteiger partial charge on any atom is -0.486 e. The van der Waals surface area contributed by atoms with Gasteiger partial charge in [-0.2, -0.15) is 0 Å². The Labute approximate surface area is 286 Å². The average Bonchev–Trinajstić information content (AvgIpc) is 2.99. The number of carboxylic acid groups (broad SMARTS) is 1. The second-order valence-corrected chi connectivity index (χ2v) is 15.3. The summed E-state index contributed by atoms with van der Waals surface area (Å²) < 4.78 is 6.02. The summed E-state index contributed by atoms with van der Waals surface area (Å²) in [5.41, 5.74) is 5.71. The van der Waals surface area contributed by atoms with Gasteiger partial charge in [0.25, 0.3) is 0 Å². The van der Waals surface area contributed by atoms with Crippen molar-refractivity contribution >= 4 is 40.7 Å². The summed E-state index contributed by atoms with van der Waals surface area (Å²) >= 11 is 13.7. The molecule has 0 aromatic heterocycles. The van der Waals surface area contributed by atoms with Crippen molar-refractivity contribution in [2.45, 2.75) is 72.3 Å². The maximum absolute atomic E-state index is 14.2. The number of carboxylic acids is 1. The van der Waals surface area contributed by atoms with Gasteiger partial charge in [0.15, 0.2) is 17.3 Å². The number of ether oxygens (including phenoxy) is 1. The second-order valence-electron chi connectivity index (χ2n) is 14.5. The minimum absolute atomic E-state index is 0.0486. The van der Waals surface area contributed by atoms with E-state index in [2.05, 4.69) is 44.7 Å². The van der Waals surface area contributed by atoms with Gasteiger partial charge in [-0.05, 0) is 71.0 Å². The van der Waals surface area contributed by atoms with Crippen LogP contribution >= 0.6 is 23.2 Å². The normalized spacial score (nSPS) is 19.1. The quantitative estimate of drug-likeness (QED) is 0.257. The summed E-state index contributed by atoms with van der Waals surface area (Å²) in [6.45, 7) is 9.33. The molecule has 0 spiro atoms. The number of halogens is 2. The van der Waals surface area contributed by atoms with Crippen molar-refractivity contribution < 1.29 is 24.2 Å². The van der Waals surface area contributed by atoms with Gasteiger partial charge < -0.3 is 14.7 Å². The number of hydrogen-bond acceptors (Lipinski definition) is 5. The molecule has 3 aromatic carbocycles. The summed E-state index contributed by atoms with van der Waals surface area (Å²) in [5, 5.41) is 9.74. The van der Waals surface area contributed by atoms with E-state index in [1.165, 1.54) is 17.7 Å². The molecule has 0 fully saturated rings. The van der Waals surface area contributed by atoms with Crippen molar-refractivity contribution in [2.75, 3.05) is 6.54 Å². The molecule has 2 aliphatic carbocycles. The van der Waals surface area contributed by atoms with Crippen LogP contribution in [0.15, 0.2) is 89.3 Å². The van der Waals surface area contributed by atoms with E-state index >= 15 is 0 Å². The number of rotatable bonds is 8. The van der Waals surface area contributed by atoms with Gasteiger partial charge in [-0.15, -0.1) is 0 Å². The fourth-order valence-electron chi connectivity index (χ4n) is 7.32. The molecule has 0 amide bonds. The lowest BCUT2D eigenvalue weighted by atomic mass is 9.63. The van der Waals surface area contributed by atoms with E-state index in [1.807, 2.05) is 18.2 Å². The highest BCUT2D eigenvalue weighted by Gasteiger charge is 2.49. The standard InChI is InChI=1S/C39H39Cl2NO5/c1-38(2)18-29-34(31(43)20-38)33(26-16-27(40)36(28(41)17-26)47-22-24-10-12-25(13-11-24)37(45)46)35-30(19-39(3,4)21-32(35)44)42(29)15-14-23-8-6-5-7-9-23/h5-13,16-17,33H,14-15,18-22H2,1-4H3,(H,45,46).